The fourth-order valence-corrected chi connectivity index (χ4v) is 4.92. The second-order valence-corrected chi connectivity index (χ2v) is 7.39. The normalized spacial score (nSPS) is 27.4. The average Bonchev–Trinajstić information content (AvgIpc) is 3.06. The molecular formula is C19H22ClFN2. The Morgan fingerprint density at radius 3 is 2.52 bits per heavy atom. The van der Waals surface area contributed by atoms with Gasteiger partial charge in [-0.15, -0.1) is 12.8 Å². The van der Waals surface area contributed by atoms with E-state index in [1.54, 1.807) is 12.3 Å². The highest BCUT2D eigenvalue weighted by Crippen LogP contribution is 2.58. The number of terminal acetylenes is 1. The Labute approximate surface area is 141 Å². The lowest BCUT2D eigenvalue weighted by Crippen LogP contribution is -2.38. The van der Waals surface area contributed by atoms with Crippen LogP contribution in [0.1, 0.15) is 56.9 Å². The van der Waals surface area contributed by atoms with Crippen LogP contribution in [0.2, 0.25) is 5.02 Å². The van der Waals surface area contributed by atoms with Gasteiger partial charge in [0.05, 0.1) is 16.7 Å². The lowest BCUT2D eigenvalue weighted by Gasteiger charge is -2.50. The molecule has 2 aromatic rings. The van der Waals surface area contributed by atoms with E-state index in [0.717, 1.165) is 22.4 Å². The molecule has 2 bridgehead atoms. The van der Waals surface area contributed by atoms with Gasteiger partial charge in [-0.1, -0.05) is 18.5 Å². The lowest BCUT2D eigenvalue weighted by atomic mass is 9.55. The molecule has 0 radical (unpaired) electrons. The molecular weight excluding hydrogens is 311 g/mol. The Balaban J connectivity index is 0.000000753. The Morgan fingerprint density at radius 1 is 1.30 bits per heavy atom. The fraction of sp³-hybridized carbons (Fsp3) is 0.526. The van der Waals surface area contributed by atoms with Crippen molar-refractivity contribution in [3.05, 3.63) is 28.7 Å². The van der Waals surface area contributed by atoms with Gasteiger partial charge in [-0.25, -0.2) is 4.39 Å². The van der Waals surface area contributed by atoms with Crippen molar-refractivity contribution in [1.29, 1.82) is 0 Å². The van der Waals surface area contributed by atoms with Crippen LogP contribution in [0.25, 0.3) is 10.9 Å². The van der Waals surface area contributed by atoms with Crippen molar-refractivity contribution >= 4 is 22.5 Å². The summed E-state index contributed by atoms with van der Waals surface area (Å²) in [6, 6.07) is 1.67. The summed E-state index contributed by atoms with van der Waals surface area (Å²) < 4.78 is 14.8. The molecule has 3 fully saturated rings. The number of nitrogens with one attached hydrogen (secondary N) is 1. The summed E-state index contributed by atoms with van der Waals surface area (Å²) in [6.45, 7) is 2.18. The van der Waals surface area contributed by atoms with Gasteiger partial charge >= 0.3 is 0 Å². The summed E-state index contributed by atoms with van der Waals surface area (Å²) in [7, 11) is 0. The SMILES string of the molecule is C#C.CC(c1c(F)c(Cl)cc2cn[nH]c12)C12CCC(CC1)CC2. The maximum atomic E-state index is 14.8. The number of rotatable bonds is 2. The van der Waals surface area contributed by atoms with Crippen molar-refractivity contribution < 1.29 is 4.39 Å². The largest absolute Gasteiger partial charge is 0.277 e. The van der Waals surface area contributed by atoms with E-state index >= 15 is 0 Å². The quantitative estimate of drug-likeness (QED) is 0.704. The molecule has 0 aliphatic heterocycles. The molecule has 0 saturated heterocycles. The molecule has 0 spiro atoms. The Kier molecular flexibility index (Phi) is 4.38. The molecule has 3 aliphatic carbocycles. The summed E-state index contributed by atoms with van der Waals surface area (Å²) in [4.78, 5) is 0. The number of hydrogen-bond acceptors (Lipinski definition) is 1. The molecule has 23 heavy (non-hydrogen) atoms. The van der Waals surface area contributed by atoms with Crippen molar-refractivity contribution in [2.24, 2.45) is 11.3 Å². The molecule has 1 aromatic carbocycles. The number of nitrogens with zero attached hydrogens (tertiary/aromatic N) is 1. The molecule has 1 atom stereocenters. The highest BCUT2D eigenvalue weighted by molar-refractivity contribution is 6.31. The van der Waals surface area contributed by atoms with E-state index < -0.39 is 0 Å². The number of hydrogen-bond donors (Lipinski definition) is 1. The van der Waals surface area contributed by atoms with Crippen LogP contribution < -0.4 is 0 Å². The van der Waals surface area contributed by atoms with E-state index in [1.807, 2.05) is 0 Å². The number of aromatic amines is 1. The van der Waals surface area contributed by atoms with E-state index in [4.69, 9.17) is 11.6 Å². The highest BCUT2D eigenvalue weighted by Gasteiger charge is 2.45. The van der Waals surface area contributed by atoms with Crippen LogP contribution in [-0.4, -0.2) is 10.2 Å². The van der Waals surface area contributed by atoms with Crippen LogP contribution in [0, 0.1) is 30.0 Å². The highest BCUT2D eigenvalue weighted by atomic mass is 35.5. The van der Waals surface area contributed by atoms with Crippen LogP contribution in [0.15, 0.2) is 12.3 Å². The average molecular weight is 333 g/mol. The van der Waals surface area contributed by atoms with Crippen LogP contribution in [0.5, 0.6) is 0 Å². The van der Waals surface area contributed by atoms with E-state index in [-0.39, 0.29) is 22.2 Å². The van der Waals surface area contributed by atoms with Gasteiger partial charge in [-0.2, -0.15) is 5.10 Å². The Bertz CT molecular complexity index is 712. The van der Waals surface area contributed by atoms with Crippen LogP contribution >= 0.6 is 11.6 Å². The first-order chi connectivity index (χ1) is 11.1. The monoisotopic (exact) mass is 332 g/mol. The molecule has 0 amide bonds. The van der Waals surface area contributed by atoms with Gasteiger partial charge in [0.25, 0.3) is 0 Å². The van der Waals surface area contributed by atoms with Crippen molar-refractivity contribution in [2.75, 3.05) is 0 Å². The molecule has 4 heteroatoms. The first kappa shape index (κ1) is 16.3. The third-order valence-electron chi connectivity index (χ3n) is 6.17. The zero-order valence-electron chi connectivity index (χ0n) is 13.4. The molecule has 1 heterocycles. The molecule has 1 unspecified atom stereocenters. The van der Waals surface area contributed by atoms with Gasteiger partial charge in [0.1, 0.15) is 5.82 Å². The minimum atomic E-state index is -0.261. The second-order valence-electron chi connectivity index (χ2n) is 6.99. The minimum Gasteiger partial charge on any atom is -0.277 e. The smallest absolute Gasteiger partial charge is 0.147 e. The van der Waals surface area contributed by atoms with Crippen molar-refractivity contribution in [2.45, 2.75) is 51.4 Å². The third kappa shape index (κ3) is 2.54. The van der Waals surface area contributed by atoms with Gasteiger partial charge in [0.2, 0.25) is 0 Å². The predicted molar refractivity (Wildman–Crippen MR) is 93.0 cm³/mol. The molecule has 3 saturated carbocycles. The second kappa shape index (κ2) is 6.17. The Hall–Kier alpha value is -1.53. The first-order valence-electron chi connectivity index (χ1n) is 8.25. The molecule has 3 aliphatic rings. The zero-order chi connectivity index (χ0) is 16.6. The maximum absolute atomic E-state index is 14.8. The lowest BCUT2D eigenvalue weighted by molar-refractivity contribution is 0.0424. The molecule has 5 rings (SSSR count). The molecule has 2 nitrogen and oxygen atoms in total. The van der Waals surface area contributed by atoms with Gasteiger partial charge in [0.15, 0.2) is 0 Å². The summed E-state index contributed by atoms with van der Waals surface area (Å²) in [5.41, 5.74) is 1.82. The van der Waals surface area contributed by atoms with Crippen LogP contribution in [-0.2, 0) is 0 Å². The third-order valence-corrected chi connectivity index (χ3v) is 6.44. The number of benzene rings is 1. The Morgan fingerprint density at radius 2 is 1.91 bits per heavy atom. The van der Waals surface area contributed by atoms with Crippen molar-refractivity contribution in [1.82, 2.24) is 10.2 Å². The van der Waals surface area contributed by atoms with Gasteiger partial charge in [-0.05, 0) is 61.8 Å². The van der Waals surface area contributed by atoms with Crippen molar-refractivity contribution in [3.8, 4) is 12.8 Å². The van der Waals surface area contributed by atoms with Gasteiger partial charge in [0, 0.05) is 10.9 Å². The number of aromatic nitrogens is 2. The minimum absolute atomic E-state index is 0.181. The molecule has 122 valence electrons. The standard InChI is InChI=1S/C17H20ClFN2.C2H2/c1-10(17-5-2-11(3-6-17)4-7-17)14-15(19)13(18)8-12-9-20-21-16(12)14;1-2/h8-11H,2-7H2,1H3,(H,20,21);1-2H. The van der Waals surface area contributed by atoms with E-state index in [0.29, 0.717) is 0 Å². The van der Waals surface area contributed by atoms with E-state index in [9.17, 15) is 4.39 Å². The first-order valence-corrected chi connectivity index (χ1v) is 8.63. The predicted octanol–water partition coefficient (Wildman–Crippen LogP) is 5.68. The van der Waals surface area contributed by atoms with E-state index in [2.05, 4.69) is 30.0 Å². The number of H-pyrrole nitrogens is 1. The van der Waals surface area contributed by atoms with Crippen molar-refractivity contribution in [3.63, 3.8) is 0 Å². The fourth-order valence-electron chi connectivity index (χ4n) is 4.70. The van der Waals surface area contributed by atoms with Crippen LogP contribution in [0.3, 0.4) is 0 Å². The summed E-state index contributed by atoms with van der Waals surface area (Å²) >= 11 is 6.11. The van der Waals surface area contributed by atoms with Gasteiger partial charge in [-0.3, -0.25) is 5.10 Å². The zero-order valence-corrected chi connectivity index (χ0v) is 14.2. The topological polar surface area (TPSA) is 28.7 Å². The summed E-state index contributed by atoms with van der Waals surface area (Å²) in [5, 5.41) is 8.18. The molecule has 1 aromatic heterocycles. The van der Waals surface area contributed by atoms with Crippen LogP contribution in [0.4, 0.5) is 4.39 Å². The summed E-state index contributed by atoms with van der Waals surface area (Å²) in [6.07, 6.45) is 17.3. The number of fused-ring (bicyclic) bond motifs is 4. The van der Waals surface area contributed by atoms with Gasteiger partial charge < -0.3 is 0 Å². The molecule has 1 N–H and O–H groups in total. The number of halogens is 2. The van der Waals surface area contributed by atoms with E-state index in [1.165, 1.54) is 38.5 Å². The maximum Gasteiger partial charge on any atom is 0.147 e. The summed E-state index contributed by atoms with van der Waals surface area (Å²) in [5.74, 6) is 0.832.